The number of carboxylic acid groups (broad SMARTS) is 1. The molecule has 5 heteroatoms. The maximum absolute atomic E-state index is 11.3. The van der Waals surface area contributed by atoms with Crippen LogP contribution in [0.15, 0.2) is 24.5 Å². The van der Waals surface area contributed by atoms with Gasteiger partial charge in [-0.3, -0.25) is 14.0 Å². The monoisotopic (exact) mass is 227 g/mol. The summed E-state index contributed by atoms with van der Waals surface area (Å²) in [5, 5.41) is 8.40. The third-order valence-corrected chi connectivity index (χ3v) is 3.20. The van der Waals surface area contributed by atoms with Crippen molar-refractivity contribution in [2.45, 2.75) is 12.8 Å². The Labute approximate surface area is 90.8 Å². The zero-order chi connectivity index (χ0) is 11.1. The van der Waals surface area contributed by atoms with Gasteiger partial charge in [-0.25, -0.2) is 0 Å². The molecular formula is C10H13NO3S. The summed E-state index contributed by atoms with van der Waals surface area (Å²) in [6.45, 7) is 0. The maximum atomic E-state index is 11.3. The molecule has 1 rings (SSSR count). The van der Waals surface area contributed by atoms with Gasteiger partial charge in [0.15, 0.2) is 0 Å². The number of hydrogen-bond acceptors (Lipinski definition) is 3. The number of rotatable bonds is 6. The molecule has 1 heterocycles. The minimum absolute atomic E-state index is 0.0281. The molecule has 1 aromatic heterocycles. The summed E-state index contributed by atoms with van der Waals surface area (Å²) in [4.78, 5) is 14.2. The van der Waals surface area contributed by atoms with Crippen LogP contribution in [0.2, 0.25) is 0 Å². The fourth-order valence-corrected chi connectivity index (χ4v) is 2.15. The van der Waals surface area contributed by atoms with Crippen molar-refractivity contribution in [1.82, 2.24) is 4.98 Å². The SMILES string of the molecule is O=C(O)CCS(=O)CCc1cccnc1. The number of carboxylic acids is 1. The van der Waals surface area contributed by atoms with Gasteiger partial charge in [0.25, 0.3) is 0 Å². The molecule has 82 valence electrons. The number of aromatic nitrogens is 1. The van der Waals surface area contributed by atoms with E-state index in [1.807, 2.05) is 12.1 Å². The van der Waals surface area contributed by atoms with Gasteiger partial charge in [-0.15, -0.1) is 0 Å². The topological polar surface area (TPSA) is 67.3 Å². The first-order chi connectivity index (χ1) is 7.18. The Morgan fingerprint density at radius 1 is 1.47 bits per heavy atom. The summed E-state index contributed by atoms with van der Waals surface area (Å²) in [6.07, 6.45) is 4.07. The average molecular weight is 227 g/mol. The van der Waals surface area contributed by atoms with E-state index in [4.69, 9.17) is 5.11 Å². The molecule has 0 fully saturated rings. The first-order valence-corrected chi connectivity index (χ1v) is 6.13. The first kappa shape index (κ1) is 11.8. The fourth-order valence-electron chi connectivity index (χ4n) is 1.08. The average Bonchev–Trinajstić information content (AvgIpc) is 2.25. The van der Waals surface area contributed by atoms with Gasteiger partial charge in [0.2, 0.25) is 0 Å². The van der Waals surface area contributed by atoms with Crippen molar-refractivity contribution in [3.63, 3.8) is 0 Å². The van der Waals surface area contributed by atoms with Gasteiger partial charge in [-0.1, -0.05) is 6.07 Å². The Bertz CT molecular complexity index is 340. The fraction of sp³-hybridized carbons (Fsp3) is 0.400. The summed E-state index contributed by atoms with van der Waals surface area (Å²) < 4.78 is 11.3. The van der Waals surface area contributed by atoms with Gasteiger partial charge >= 0.3 is 5.97 Å². The van der Waals surface area contributed by atoms with Crippen molar-refractivity contribution in [2.24, 2.45) is 0 Å². The Morgan fingerprint density at radius 3 is 2.87 bits per heavy atom. The molecule has 0 aliphatic carbocycles. The summed E-state index contributed by atoms with van der Waals surface area (Å²) in [5.41, 5.74) is 1.03. The molecule has 1 unspecified atom stereocenters. The highest BCUT2D eigenvalue weighted by Crippen LogP contribution is 1.99. The zero-order valence-corrected chi connectivity index (χ0v) is 9.07. The van der Waals surface area contributed by atoms with Gasteiger partial charge in [-0.2, -0.15) is 0 Å². The maximum Gasteiger partial charge on any atom is 0.304 e. The van der Waals surface area contributed by atoms with Crippen molar-refractivity contribution in [3.8, 4) is 0 Å². The number of hydrogen-bond donors (Lipinski definition) is 1. The number of nitrogens with zero attached hydrogens (tertiary/aromatic N) is 1. The number of aliphatic carboxylic acids is 1. The lowest BCUT2D eigenvalue weighted by atomic mass is 10.2. The molecule has 1 aromatic rings. The van der Waals surface area contributed by atoms with E-state index in [1.54, 1.807) is 12.4 Å². The lowest BCUT2D eigenvalue weighted by Crippen LogP contribution is -2.09. The third-order valence-electron chi connectivity index (χ3n) is 1.88. The van der Waals surface area contributed by atoms with Crippen LogP contribution >= 0.6 is 0 Å². The normalized spacial score (nSPS) is 12.3. The standard InChI is InChI=1S/C10H13NO3S/c12-10(13)4-7-15(14)6-3-9-2-1-5-11-8-9/h1-2,5,8H,3-4,6-7H2,(H,12,13). The second kappa shape index (κ2) is 6.29. The van der Waals surface area contributed by atoms with Crippen molar-refractivity contribution in [3.05, 3.63) is 30.1 Å². The Morgan fingerprint density at radius 2 is 2.27 bits per heavy atom. The lowest BCUT2D eigenvalue weighted by molar-refractivity contribution is -0.136. The van der Waals surface area contributed by atoms with Gasteiger partial charge in [0, 0.05) is 34.7 Å². The van der Waals surface area contributed by atoms with E-state index < -0.39 is 16.8 Å². The van der Waals surface area contributed by atoms with Crippen LogP contribution in [0.5, 0.6) is 0 Å². The predicted molar refractivity (Wildman–Crippen MR) is 58.1 cm³/mol. The second-order valence-corrected chi connectivity index (χ2v) is 4.80. The summed E-state index contributed by atoms with van der Waals surface area (Å²) in [7, 11) is -1.05. The van der Waals surface area contributed by atoms with Crippen LogP contribution < -0.4 is 0 Å². The molecule has 0 saturated carbocycles. The first-order valence-electron chi connectivity index (χ1n) is 4.64. The smallest absolute Gasteiger partial charge is 0.304 e. The second-order valence-electron chi connectivity index (χ2n) is 3.10. The van der Waals surface area contributed by atoms with Gasteiger partial charge in [-0.05, 0) is 18.1 Å². The molecule has 0 radical (unpaired) electrons. The van der Waals surface area contributed by atoms with Crippen LogP contribution in [0, 0.1) is 0 Å². The Hall–Kier alpha value is -1.23. The predicted octanol–water partition coefficient (Wildman–Crippen LogP) is 0.847. The zero-order valence-electron chi connectivity index (χ0n) is 8.26. The van der Waals surface area contributed by atoms with E-state index in [1.165, 1.54) is 0 Å². The van der Waals surface area contributed by atoms with E-state index in [0.29, 0.717) is 12.2 Å². The van der Waals surface area contributed by atoms with E-state index in [-0.39, 0.29) is 12.2 Å². The Balaban J connectivity index is 2.26. The summed E-state index contributed by atoms with van der Waals surface area (Å²) in [6, 6.07) is 3.75. The summed E-state index contributed by atoms with van der Waals surface area (Å²) in [5.74, 6) is -0.168. The molecule has 0 amide bonds. The molecule has 0 aromatic carbocycles. The van der Waals surface area contributed by atoms with Crippen molar-refractivity contribution >= 4 is 16.8 Å². The number of aryl methyl sites for hydroxylation is 1. The van der Waals surface area contributed by atoms with Crippen LogP contribution in [0.4, 0.5) is 0 Å². The molecular weight excluding hydrogens is 214 g/mol. The minimum atomic E-state index is -1.05. The largest absolute Gasteiger partial charge is 0.481 e. The molecule has 15 heavy (non-hydrogen) atoms. The van der Waals surface area contributed by atoms with Gasteiger partial charge < -0.3 is 5.11 Å². The highest BCUT2D eigenvalue weighted by molar-refractivity contribution is 7.84. The molecule has 1 N–H and O–H groups in total. The number of carbonyl (C=O) groups is 1. The molecule has 0 aliphatic heterocycles. The number of pyridine rings is 1. The van der Waals surface area contributed by atoms with Gasteiger partial charge in [0.1, 0.15) is 0 Å². The van der Waals surface area contributed by atoms with Crippen LogP contribution in [-0.4, -0.2) is 31.8 Å². The molecule has 0 saturated heterocycles. The molecule has 0 spiro atoms. The van der Waals surface area contributed by atoms with E-state index in [9.17, 15) is 9.00 Å². The van der Waals surface area contributed by atoms with E-state index >= 15 is 0 Å². The van der Waals surface area contributed by atoms with E-state index in [0.717, 1.165) is 5.56 Å². The highest BCUT2D eigenvalue weighted by Gasteiger charge is 2.04. The molecule has 1 atom stereocenters. The van der Waals surface area contributed by atoms with Crippen LogP contribution in [0.1, 0.15) is 12.0 Å². The van der Waals surface area contributed by atoms with Gasteiger partial charge in [0.05, 0.1) is 6.42 Å². The molecule has 0 bridgehead atoms. The van der Waals surface area contributed by atoms with Crippen molar-refractivity contribution in [2.75, 3.05) is 11.5 Å². The minimum Gasteiger partial charge on any atom is -0.481 e. The van der Waals surface area contributed by atoms with Crippen molar-refractivity contribution < 1.29 is 14.1 Å². The summed E-state index contributed by atoms with van der Waals surface area (Å²) >= 11 is 0. The third kappa shape index (κ3) is 5.27. The highest BCUT2D eigenvalue weighted by atomic mass is 32.2. The van der Waals surface area contributed by atoms with Crippen LogP contribution in [0.25, 0.3) is 0 Å². The molecule has 4 nitrogen and oxygen atoms in total. The van der Waals surface area contributed by atoms with Crippen LogP contribution in [-0.2, 0) is 22.0 Å². The van der Waals surface area contributed by atoms with Crippen LogP contribution in [0.3, 0.4) is 0 Å². The Kier molecular flexibility index (Phi) is 4.97. The lowest BCUT2D eigenvalue weighted by Gasteiger charge is -2.00. The van der Waals surface area contributed by atoms with E-state index in [2.05, 4.69) is 4.98 Å². The molecule has 0 aliphatic rings. The quantitative estimate of drug-likeness (QED) is 0.782. The van der Waals surface area contributed by atoms with Crippen molar-refractivity contribution in [1.29, 1.82) is 0 Å².